The first-order valence-corrected chi connectivity index (χ1v) is 8.68. The number of carboxylic acids is 1. The van der Waals surface area contributed by atoms with Gasteiger partial charge in [-0.25, -0.2) is 14.2 Å². The molecule has 0 radical (unpaired) electrons. The van der Waals surface area contributed by atoms with E-state index in [-0.39, 0.29) is 23.0 Å². The van der Waals surface area contributed by atoms with Crippen LogP contribution >= 0.6 is 0 Å². The van der Waals surface area contributed by atoms with E-state index in [9.17, 15) is 14.0 Å². The average molecular weight is 356 g/mol. The molecule has 1 aliphatic heterocycles. The van der Waals surface area contributed by atoms with E-state index in [0.29, 0.717) is 24.7 Å². The molecular weight excluding hydrogens is 335 g/mol. The van der Waals surface area contributed by atoms with Crippen molar-refractivity contribution in [3.8, 4) is 0 Å². The number of hydrogen-bond acceptors (Lipinski definition) is 3. The number of pyridine rings is 1. The van der Waals surface area contributed by atoms with Crippen LogP contribution in [-0.4, -0.2) is 40.0 Å². The quantitative estimate of drug-likeness (QED) is 0.912. The highest BCUT2D eigenvalue weighted by molar-refractivity contribution is 5.94. The lowest BCUT2D eigenvalue weighted by molar-refractivity contribution is 0.0673. The van der Waals surface area contributed by atoms with Gasteiger partial charge in [0.15, 0.2) is 0 Å². The fourth-order valence-electron chi connectivity index (χ4n) is 3.41. The molecule has 1 aromatic heterocycles. The highest BCUT2D eigenvalue weighted by Crippen LogP contribution is 2.23. The molecule has 0 spiro atoms. The summed E-state index contributed by atoms with van der Waals surface area (Å²) < 4.78 is 13.3. The van der Waals surface area contributed by atoms with Crippen LogP contribution in [0.2, 0.25) is 0 Å². The summed E-state index contributed by atoms with van der Waals surface area (Å²) in [4.78, 5) is 29.6. The Kier molecular flexibility index (Phi) is 5.30. The van der Waals surface area contributed by atoms with Crippen molar-refractivity contribution in [1.82, 2.24) is 9.88 Å². The van der Waals surface area contributed by atoms with E-state index < -0.39 is 5.97 Å². The van der Waals surface area contributed by atoms with E-state index in [1.807, 2.05) is 6.07 Å². The number of likely N-dealkylation sites (tertiary alicyclic amines) is 1. The topological polar surface area (TPSA) is 70.5 Å². The molecule has 0 saturated carbocycles. The van der Waals surface area contributed by atoms with Crippen LogP contribution in [0.3, 0.4) is 0 Å². The molecule has 6 heteroatoms. The van der Waals surface area contributed by atoms with Crippen LogP contribution in [0, 0.1) is 18.7 Å². The number of carbonyl (C=O) groups is 2. The van der Waals surface area contributed by atoms with Crippen molar-refractivity contribution in [3.63, 3.8) is 0 Å². The molecule has 1 saturated heterocycles. The summed E-state index contributed by atoms with van der Waals surface area (Å²) in [5, 5.41) is 9.05. The van der Waals surface area contributed by atoms with Crippen LogP contribution in [-0.2, 0) is 6.42 Å². The summed E-state index contributed by atoms with van der Waals surface area (Å²) in [6.07, 6.45) is 2.52. The van der Waals surface area contributed by atoms with Gasteiger partial charge in [0, 0.05) is 13.1 Å². The van der Waals surface area contributed by atoms with E-state index in [0.717, 1.165) is 24.8 Å². The van der Waals surface area contributed by atoms with Crippen molar-refractivity contribution >= 4 is 11.9 Å². The number of rotatable bonds is 4. The lowest BCUT2D eigenvalue weighted by atomic mass is 9.90. The van der Waals surface area contributed by atoms with Crippen molar-refractivity contribution in [3.05, 3.63) is 64.7 Å². The van der Waals surface area contributed by atoms with E-state index in [1.165, 1.54) is 18.2 Å². The molecule has 2 heterocycles. The third-order valence-corrected chi connectivity index (χ3v) is 4.85. The van der Waals surface area contributed by atoms with Crippen molar-refractivity contribution in [2.45, 2.75) is 26.2 Å². The molecule has 1 amide bonds. The summed E-state index contributed by atoms with van der Waals surface area (Å²) in [6.45, 7) is 2.84. The molecule has 3 rings (SSSR count). The molecule has 136 valence electrons. The molecule has 5 nitrogen and oxygen atoms in total. The number of carboxylic acid groups (broad SMARTS) is 1. The highest BCUT2D eigenvalue weighted by Gasteiger charge is 2.25. The predicted molar refractivity (Wildman–Crippen MR) is 94.7 cm³/mol. The number of hydrogen-bond donors (Lipinski definition) is 1. The number of halogens is 1. The zero-order valence-electron chi connectivity index (χ0n) is 14.6. The molecule has 1 aromatic carbocycles. The molecule has 1 fully saturated rings. The molecule has 26 heavy (non-hydrogen) atoms. The van der Waals surface area contributed by atoms with Gasteiger partial charge in [-0.1, -0.05) is 12.1 Å². The first-order chi connectivity index (χ1) is 12.4. The zero-order chi connectivity index (χ0) is 18.7. The van der Waals surface area contributed by atoms with Gasteiger partial charge in [-0.3, -0.25) is 4.79 Å². The van der Waals surface area contributed by atoms with Crippen LogP contribution in [0.25, 0.3) is 0 Å². The van der Waals surface area contributed by atoms with E-state index in [2.05, 4.69) is 4.98 Å². The molecule has 1 N–H and O–H groups in total. The van der Waals surface area contributed by atoms with Crippen molar-refractivity contribution in [1.29, 1.82) is 0 Å². The van der Waals surface area contributed by atoms with Gasteiger partial charge in [0.05, 0.1) is 11.3 Å². The summed E-state index contributed by atoms with van der Waals surface area (Å²) in [5.41, 5.74) is 1.70. The van der Waals surface area contributed by atoms with Crippen molar-refractivity contribution in [2.24, 2.45) is 5.92 Å². The Morgan fingerprint density at radius 1 is 1.23 bits per heavy atom. The van der Waals surface area contributed by atoms with Crippen LogP contribution in [0.5, 0.6) is 0 Å². The number of piperidine rings is 1. The van der Waals surface area contributed by atoms with Gasteiger partial charge in [0.1, 0.15) is 11.5 Å². The lowest BCUT2D eigenvalue weighted by Gasteiger charge is -2.32. The van der Waals surface area contributed by atoms with Gasteiger partial charge < -0.3 is 10.0 Å². The Balaban J connectivity index is 1.60. The SMILES string of the molecule is Cc1nc(C(=O)N2CCC(Cc3cccc(F)c3)CC2)ccc1C(=O)O. The number of aromatic nitrogens is 1. The van der Waals surface area contributed by atoms with Crippen LogP contribution in [0.1, 0.15) is 44.9 Å². The fourth-order valence-corrected chi connectivity index (χ4v) is 3.41. The maximum atomic E-state index is 13.3. The van der Waals surface area contributed by atoms with Crippen molar-refractivity contribution < 1.29 is 19.1 Å². The summed E-state index contributed by atoms with van der Waals surface area (Å²) >= 11 is 0. The first-order valence-electron chi connectivity index (χ1n) is 8.68. The van der Waals surface area contributed by atoms with Gasteiger partial charge in [-0.05, 0) is 61.9 Å². The third-order valence-electron chi connectivity index (χ3n) is 4.85. The van der Waals surface area contributed by atoms with E-state index in [4.69, 9.17) is 5.11 Å². The number of nitrogens with zero attached hydrogens (tertiary/aromatic N) is 2. The minimum absolute atomic E-state index is 0.107. The van der Waals surface area contributed by atoms with Gasteiger partial charge >= 0.3 is 5.97 Å². The second-order valence-electron chi connectivity index (χ2n) is 6.70. The molecule has 0 unspecified atom stereocenters. The summed E-state index contributed by atoms with van der Waals surface area (Å²) in [6, 6.07) is 9.55. The minimum atomic E-state index is -1.05. The van der Waals surface area contributed by atoms with Gasteiger partial charge in [-0.15, -0.1) is 0 Å². The van der Waals surface area contributed by atoms with E-state index in [1.54, 1.807) is 24.0 Å². The van der Waals surface area contributed by atoms with Crippen LogP contribution in [0.15, 0.2) is 36.4 Å². The highest BCUT2D eigenvalue weighted by atomic mass is 19.1. The van der Waals surface area contributed by atoms with Gasteiger partial charge in [0.25, 0.3) is 5.91 Å². The number of aryl methyl sites for hydroxylation is 1. The molecular formula is C20H21FN2O3. The molecule has 0 aliphatic carbocycles. The standard InChI is InChI=1S/C20H21FN2O3/c1-13-17(20(25)26)5-6-18(22-13)19(24)23-9-7-14(8-10-23)11-15-3-2-4-16(21)12-15/h2-6,12,14H,7-11H2,1H3,(H,25,26). The first kappa shape index (κ1) is 18.0. The van der Waals surface area contributed by atoms with E-state index >= 15 is 0 Å². The Morgan fingerprint density at radius 3 is 2.58 bits per heavy atom. The maximum absolute atomic E-state index is 13.3. The number of amides is 1. The summed E-state index contributed by atoms with van der Waals surface area (Å²) in [7, 11) is 0. The monoisotopic (exact) mass is 356 g/mol. The average Bonchev–Trinajstić information content (AvgIpc) is 2.61. The van der Waals surface area contributed by atoms with Crippen LogP contribution in [0.4, 0.5) is 4.39 Å². The summed E-state index contributed by atoms with van der Waals surface area (Å²) in [5.74, 6) is -1.02. The largest absolute Gasteiger partial charge is 0.478 e. The number of aromatic carboxylic acids is 1. The second kappa shape index (κ2) is 7.64. The Bertz CT molecular complexity index is 830. The number of benzene rings is 1. The van der Waals surface area contributed by atoms with Gasteiger partial charge in [0.2, 0.25) is 0 Å². The van der Waals surface area contributed by atoms with Crippen molar-refractivity contribution in [2.75, 3.05) is 13.1 Å². The zero-order valence-corrected chi connectivity index (χ0v) is 14.6. The fraction of sp³-hybridized carbons (Fsp3) is 0.350. The smallest absolute Gasteiger partial charge is 0.337 e. The van der Waals surface area contributed by atoms with Gasteiger partial charge in [-0.2, -0.15) is 0 Å². The molecule has 0 atom stereocenters. The maximum Gasteiger partial charge on any atom is 0.337 e. The molecule has 0 bridgehead atoms. The third kappa shape index (κ3) is 4.07. The predicted octanol–water partition coefficient (Wildman–Crippen LogP) is 3.32. The lowest BCUT2D eigenvalue weighted by Crippen LogP contribution is -2.39. The Morgan fingerprint density at radius 2 is 1.96 bits per heavy atom. The minimum Gasteiger partial charge on any atom is -0.478 e. The Labute approximate surface area is 151 Å². The normalized spacial score (nSPS) is 15.1. The van der Waals surface area contributed by atoms with Crippen LogP contribution < -0.4 is 0 Å². The number of carbonyl (C=O) groups excluding carboxylic acids is 1. The Hall–Kier alpha value is -2.76. The second-order valence-corrected chi connectivity index (χ2v) is 6.70. The molecule has 2 aromatic rings. The molecule has 1 aliphatic rings.